The number of halogens is 1. The molecule has 3 rings (SSSR count). The molecule has 1 atom stereocenters. The van der Waals surface area contributed by atoms with Gasteiger partial charge in [-0.3, -0.25) is 0 Å². The van der Waals surface area contributed by atoms with Crippen LogP contribution in [-0.4, -0.2) is 14.7 Å². The van der Waals surface area contributed by atoms with Gasteiger partial charge in [-0.2, -0.15) is 0 Å². The number of benzene rings is 1. The molecule has 6 heteroatoms. The van der Waals surface area contributed by atoms with Crippen LogP contribution in [0.4, 0.5) is 0 Å². The van der Waals surface area contributed by atoms with Crippen LogP contribution < -0.4 is 0 Å². The van der Waals surface area contributed by atoms with Crippen LogP contribution in [0.2, 0.25) is 0 Å². The maximum atomic E-state index is 5.49. The fourth-order valence-electron chi connectivity index (χ4n) is 2.70. The van der Waals surface area contributed by atoms with Crippen LogP contribution in [-0.2, 0) is 0 Å². The number of nitrogens with one attached hydrogen (secondary N) is 1. The Bertz CT molecular complexity index is 826. The van der Waals surface area contributed by atoms with E-state index < -0.39 is 0 Å². The number of H-pyrrole nitrogens is 1. The molecule has 2 aromatic heterocycles. The second-order valence-electron chi connectivity index (χ2n) is 4.88. The Kier molecular flexibility index (Phi) is 3.45. The number of aromatic amines is 1. The van der Waals surface area contributed by atoms with Crippen molar-refractivity contribution < 1.29 is 4.52 Å². The van der Waals surface area contributed by atoms with Gasteiger partial charge in [0.05, 0.1) is 22.8 Å². The van der Waals surface area contributed by atoms with Crippen LogP contribution in [0.1, 0.15) is 30.0 Å². The first-order chi connectivity index (χ1) is 9.49. The first-order valence-electron chi connectivity index (χ1n) is 6.31. The van der Waals surface area contributed by atoms with Crippen molar-refractivity contribution in [2.75, 3.05) is 0 Å². The third-order valence-electron chi connectivity index (χ3n) is 3.57. The number of fused-ring (bicyclic) bond motifs is 1. The smallest absolute Gasteiger partial charge is 0.178 e. The van der Waals surface area contributed by atoms with Crippen LogP contribution in [0.15, 0.2) is 22.7 Å². The SMILES string of the molecule is Cc1noc(C)c1C(C)n1c(=S)[nH]c2cc(I)ccc21. The Balaban J connectivity index is 2.24. The van der Waals surface area contributed by atoms with E-state index >= 15 is 0 Å². The van der Waals surface area contributed by atoms with Crippen LogP contribution in [0, 0.1) is 22.2 Å². The number of hydrogen-bond donors (Lipinski definition) is 1. The van der Waals surface area contributed by atoms with Gasteiger partial charge in [-0.05, 0) is 73.8 Å². The second kappa shape index (κ2) is 5.00. The minimum atomic E-state index is 0.0857. The first kappa shape index (κ1) is 13.8. The van der Waals surface area contributed by atoms with E-state index in [2.05, 4.69) is 62.4 Å². The predicted octanol–water partition coefficient (Wildman–Crippen LogP) is 4.52. The highest BCUT2D eigenvalue weighted by Crippen LogP contribution is 2.29. The molecule has 3 aromatic rings. The molecule has 1 aromatic carbocycles. The molecule has 0 aliphatic rings. The number of aryl methyl sites for hydroxylation is 2. The van der Waals surface area contributed by atoms with Crippen LogP contribution in [0.25, 0.3) is 11.0 Å². The van der Waals surface area contributed by atoms with Gasteiger partial charge in [-0.25, -0.2) is 0 Å². The average Bonchev–Trinajstić information content (AvgIpc) is 2.88. The van der Waals surface area contributed by atoms with E-state index in [1.54, 1.807) is 0 Å². The van der Waals surface area contributed by atoms with Gasteiger partial charge in [-0.1, -0.05) is 5.16 Å². The van der Waals surface area contributed by atoms with Crippen molar-refractivity contribution >= 4 is 45.8 Å². The Labute approximate surface area is 135 Å². The Morgan fingerprint density at radius 2 is 2.15 bits per heavy atom. The molecule has 4 nitrogen and oxygen atoms in total. The van der Waals surface area contributed by atoms with E-state index in [-0.39, 0.29) is 6.04 Å². The van der Waals surface area contributed by atoms with Crippen LogP contribution in [0.3, 0.4) is 0 Å². The predicted molar refractivity (Wildman–Crippen MR) is 89.6 cm³/mol. The lowest BCUT2D eigenvalue weighted by atomic mass is 10.1. The molecule has 0 amide bonds. The molecule has 0 aliphatic heterocycles. The molecule has 0 radical (unpaired) electrons. The third-order valence-corrected chi connectivity index (χ3v) is 4.54. The monoisotopic (exact) mass is 399 g/mol. The molecule has 0 spiro atoms. The fraction of sp³-hybridized carbons (Fsp3) is 0.286. The number of imidazole rings is 1. The molecule has 0 saturated carbocycles. The lowest BCUT2D eigenvalue weighted by Crippen LogP contribution is -2.08. The standard InChI is InChI=1S/C14H14IN3OS/c1-7-13(9(3)19-17-7)8(2)18-12-5-4-10(15)6-11(12)16-14(18)20/h4-6,8H,1-3H3,(H,16,20). The highest BCUT2D eigenvalue weighted by atomic mass is 127. The van der Waals surface area contributed by atoms with Crippen molar-refractivity contribution in [3.05, 3.63) is 43.6 Å². The van der Waals surface area contributed by atoms with Gasteiger partial charge in [-0.15, -0.1) is 0 Å². The second-order valence-corrected chi connectivity index (χ2v) is 6.51. The van der Waals surface area contributed by atoms with E-state index in [1.165, 1.54) is 3.57 Å². The molecule has 104 valence electrons. The topological polar surface area (TPSA) is 46.8 Å². The number of nitrogens with zero attached hydrogens (tertiary/aromatic N) is 2. The van der Waals surface area contributed by atoms with E-state index in [4.69, 9.17) is 16.7 Å². The molecule has 0 saturated heterocycles. The Hall–Kier alpha value is -1.15. The van der Waals surface area contributed by atoms with Gasteiger partial charge in [0.1, 0.15) is 5.76 Å². The summed E-state index contributed by atoms with van der Waals surface area (Å²) in [5.74, 6) is 0.844. The summed E-state index contributed by atoms with van der Waals surface area (Å²) in [6.45, 7) is 6.02. The lowest BCUT2D eigenvalue weighted by molar-refractivity contribution is 0.391. The summed E-state index contributed by atoms with van der Waals surface area (Å²) in [6, 6.07) is 6.37. The largest absolute Gasteiger partial charge is 0.361 e. The molecule has 20 heavy (non-hydrogen) atoms. The van der Waals surface area contributed by atoms with Gasteiger partial charge in [0.2, 0.25) is 0 Å². The molecule has 0 fully saturated rings. The van der Waals surface area contributed by atoms with E-state index in [0.29, 0.717) is 0 Å². The fourth-order valence-corrected chi connectivity index (χ4v) is 3.56. The summed E-state index contributed by atoms with van der Waals surface area (Å²) in [6.07, 6.45) is 0. The number of hydrogen-bond acceptors (Lipinski definition) is 3. The third kappa shape index (κ3) is 2.10. The van der Waals surface area contributed by atoms with Crippen molar-refractivity contribution in [1.29, 1.82) is 0 Å². The average molecular weight is 399 g/mol. The lowest BCUT2D eigenvalue weighted by Gasteiger charge is -2.14. The molecular formula is C14H14IN3OS. The zero-order valence-corrected chi connectivity index (χ0v) is 14.4. The van der Waals surface area contributed by atoms with Gasteiger partial charge < -0.3 is 14.1 Å². The summed E-state index contributed by atoms with van der Waals surface area (Å²) in [4.78, 5) is 3.27. The summed E-state index contributed by atoms with van der Waals surface area (Å²) < 4.78 is 9.30. The highest BCUT2D eigenvalue weighted by Gasteiger charge is 2.20. The van der Waals surface area contributed by atoms with Crippen molar-refractivity contribution in [3.63, 3.8) is 0 Å². The number of rotatable bonds is 2. The normalized spacial score (nSPS) is 13.0. The van der Waals surface area contributed by atoms with Gasteiger partial charge in [0, 0.05) is 9.13 Å². The van der Waals surface area contributed by atoms with Crippen molar-refractivity contribution in [2.45, 2.75) is 26.8 Å². The maximum Gasteiger partial charge on any atom is 0.178 e. The van der Waals surface area contributed by atoms with E-state index in [9.17, 15) is 0 Å². The van der Waals surface area contributed by atoms with Gasteiger partial charge >= 0.3 is 0 Å². The molecule has 0 aliphatic carbocycles. The summed E-state index contributed by atoms with van der Waals surface area (Å²) in [7, 11) is 0. The molecule has 1 unspecified atom stereocenters. The minimum Gasteiger partial charge on any atom is -0.361 e. The summed E-state index contributed by atoms with van der Waals surface area (Å²) in [5, 5.41) is 4.04. The van der Waals surface area contributed by atoms with Crippen molar-refractivity contribution in [2.24, 2.45) is 0 Å². The van der Waals surface area contributed by atoms with E-state index in [0.717, 1.165) is 32.8 Å². The zero-order valence-electron chi connectivity index (χ0n) is 11.4. The molecule has 0 bridgehead atoms. The summed E-state index contributed by atoms with van der Waals surface area (Å²) >= 11 is 7.79. The summed E-state index contributed by atoms with van der Waals surface area (Å²) in [5.41, 5.74) is 4.17. The zero-order chi connectivity index (χ0) is 14.4. The molecular weight excluding hydrogens is 385 g/mol. The van der Waals surface area contributed by atoms with Gasteiger partial charge in [0.25, 0.3) is 0 Å². The first-order valence-corrected chi connectivity index (χ1v) is 7.80. The van der Waals surface area contributed by atoms with Crippen LogP contribution >= 0.6 is 34.8 Å². The van der Waals surface area contributed by atoms with E-state index in [1.807, 2.05) is 13.8 Å². The number of aromatic nitrogens is 3. The highest BCUT2D eigenvalue weighted by molar-refractivity contribution is 14.1. The Morgan fingerprint density at radius 3 is 2.80 bits per heavy atom. The van der Waals surface area contributed by atoms with Crippen molar-refractivity contribution in [3.8, 4) is 0 Å². The van der Waals surface area contributed by atoms with Gasteiger partial charge in [0.15, 0.2) is 4.77 Å². The van der Waals surface area contributed by atoms with Crippen LogP contribution in [0.5, 0.6) is 0 Å². The maximum absolute atomic E-state index is 5.49. The Morgan fingerprint density at radius 1 is 1.40 bits per heavy atom. The van der Waals surface area contributed by atoms with Crippen molar-refractivity contribution in [1.82, 2.24) is 14.7 Å². The quantitative estimate of drug-likeness (QED) is 0.509. The molecule has 1 N–H and O–H groups in total. The molecule has 2 heterocycles. The minimum absolute atomic E-state index is 0.0857.